The van der Waals surface area contributed by atoms with Crippen molar-refractivity contribution in [2.75, 3.05) is 26.6 Å². The third kappa shape index (κ3) is 4.40. The average Bonchev–Trinajstić information content (AvgIpc) is 3.17. The Hall–Kier alpha value is -3.12. The van der Waals surface area contributed by atoms with Crippen molar-refractivity contribution in [1.29, 1.82) is 0 Å². The summed E-state index contributed by atoms with van der Waals surface area (Å²) >= 11 is 6.00. The standard InChI is InChI=1S/C21H20ClNO5/c1-25-15-5-8-18(26-2)13(10-15)11-16-6-9-20(28-16)21(24)23-17-12-14(22)4-7-19(17)27-3/h4-10,12H,11H2,1-3H3,(H,23,24). The van der Waals surface area contributed by atoms with Crippen LogP contribution in [0, 0.1) is 0 Å². The average molecular weight is 402 g/mol. The van der Waals surface area contributed by atoms with Gasteiger partial charge in [0.2, 0.25) is 0 Å². The highest BCUT2D eigenvalue weighted by molar-refractivity contribution is 6.31. The number of furan rings is 1. The molecule has 3 aromatic rings. The van der Waals surface area contributed by atoms with Crippen molar-refractivity contribution in [3.05, 3.63) is 70.6 Å². The number of ether oxygens (including phenoxy) is 3. The summed E-state index contributed by atoms with van der Waals surface area (Å²) in [5.74, 6) is 2.34. The zero-order chi connectivity index (χ0) is 20.1. The van der Waals surface area contributed by atoms with Crippen LogP contribution in [0.4, 0.5) is 5.69 Å². The molecule has 1 N–H and O–H groups in total. The van der Waals surface area contributed by atoms with E-state index in [0.717, 1.165) is 5.56 Å². The Labute approximate surface area is 168 Å². The van der Waals surface area contributed by atoms with Crippen LogP contribution in [-0.4, -0.2) is 27.2 Å². The van der Waals surface area contributed by atoms with Gasteiger partial charge in [0.05, 0.1) is 27.0 Å². The number of anilines is 1. The van der Waals surface area contributed by atoms with Crippen molar-refractivity contribution in [3.8, 4) is 17.2 Å². The maximum Gasteiger partial charge on any atom is 0.291 e. The molecule has 0 saturated carbocycles. The van der Waals surface area contributed by atoms with Crippen molar-refractivity contribution in [2.24, 2.45) is 0 Å². The Kier molecular flexibility index (Phi) is 6.11. The van der Waals surface area contributed by atoms with Gasteiger partial charge in [-0.1, -0.05) is 11.6 Å². The molecule has 7 heteroatoms. The molecule has 1 aromatic heterocycles. The minimum absolute atomic E-state index is 0.180. The number of hydrogen-bond donors (Lipinski definition) is 1. The summed E-state index contributed by atoms with van der Waals surface area (Å²) in [7, 11) is 4.72. The van der Waals surface area contributed by atoms with Crippen LogP contribution in [0.2, 0.25) is 5.02 Å². The molecule has 0 radical (unpaired) electrons. The van der Waals surface area contributed by atoms with Crippen LogP contribution in [0.3, 0.4) is 0 Å². The first kappa shape index (κ1) is 19.6. The van der Waals surface area contributed by atoms with E-state index < -0.39 is 5.91 Å². The van der Waals surface area contributed by atoms with E-state index in [9.17, 15) is 4.79 Å². The van der Waals surface area contributed by atoms with Gasteiger partial charge in [0, 0.05) is 17.0 Å². The number of benzene rings is 2. The molecular weight excluding hydrogens is 382 g/mol. The normalized spacial score (nSPS) is 10.4. The zero-order valence-corrected chi connectivity index (χ0v) is 16.5. The highest BCUT2D eigenvalue weighted by atomic mass is 35.5. The molecule has 0 spiro atoms. The third-order valence-electron chi connectivity index (χ3n) is 4.15. The molecule has 0 unspecified atom stereocenters. The van der Waals surface area contributed by atoms with Crippen LogP contribution in [0.25, 0.3) is 0 Å². The van der Waals surface area contributed by atoms with Crippen molar-refractivity contribution in [3.63, 3.8) is 0 Å². The van der Waals surface area contributed by atoms with Gasteiger partial charge in [-0.15, -0.1) is 0 Å². The van der Waals surface area contributed by atoms with Gasteiger partial charge in [0.1, 0.15) is 23.0 Å². The zero-order valence-electron chi connectivity index (χ0n) is 15.7. The number of carbonyl (C=O) groups is 1. The Morgan fingerprint density at radius 2 is 1.71 bits per heavy atom. The fraction of sp³-hybridized carbons (Fsp3) is 0.190. The molecule has 0 bridgehead atoms. The second kappa shape index (κ2) is 8.71. The summed E-state index contributed by atoms with van der Waals surface area (Å²) in [4.78, 5) is 12.5. The lowest BCUT2D eigenvalue weighted by Crippen LogP contribution is -2.11. The number of methoxy groups -OCH3 is 3. The Morgan fingerprint density at radius 3 is 2.43 bits per heavy atom. The van der Waals surface area contributed by atoms with Gasteiger partial charge in [0.15, 0.2) is 5.76 Å². The molecule has 0 aliphatic carbocycles. The van der Waals surface area contributed by atoms with Gasteiger partial charge < -0.3 is 23.9 Å². The molecule has 6 nitrogen and oxygen atoms in total. The second-order valence-electron chi connectivity index (χ2n) is 5.92. The van der Waals surface area contributed by atoms with E-state index in [2.05, 4.69) is 5.32 Å². The van der Waals surface area contributed by atoms with Gasteiger partial charge in [-0.3, -0.25) is 4.79 Å². The van der Waals surface area contributed by atoms with Crippen LogP contribution in [0.15, 0.2) is 52.9 Å². The minimum atomic E-state index is -0.399. The lowest BCUT2D eigenvalue weighted by Gasteiger charge is -2.10. The van der Waals surface area contributed by atoms with Crippen molar-refractivity contribution in [1.82, 2.24) is 0 Å². The Morgan fingerprint density at radius 1 is 0.964 bits per heavy atom. The maximum absolute atomic E-state index is 12.5. The van der Waals surface area contributed by atoms with Crippen LogP contribution in [0.5, 0.6) is 17.2 Å². The number of rotatable bonds is 7. The molecular formula is C21H20ClNO5. The van der Waals surface area contributed by atoms with Gasteiger partial charge in [-0.2, -0.15) is 0 Å². The number of halogens is 1. The smallest absolute Gasteiger partial charge is 0.291 e. The summed E-state index contributed by atoms with van der Waals surface area (Å²) in [6, 6.07) is 13.9. The predicted octanol–water partition coefficient (Wildman–Crippen LogP) is 4.80. The molecule has 28 heavy (non-hydrogen) atoms. The van der Waals surface area contributed by atoms with E-state index in [-0.39, 0.29) is 5.76 Å². The van der Waals surface area contributed by atoms with E-state index in [0.29, 0.717) is 40.1 Å². The Balaban J connectivity index is 1.77. The van der Waals surface area contributed by atoms with Crippen LogP contribution < -0.4 is 19.5 Å². The molecule has 1 heterocycles. The molecule has 0 fully saturated rings. The van der Waals surface area contributed by atoms with E-state index in [4.69, 9.17) is 30.2 Å². The van der Waals surface area contributed by atoms with Crippen molar-refractivity contribution in [2.45, 2.75) is 6.42 Å². The molecule has 0 saturated heterocycles. The van der Waals surface area contributed by atoms with Gasteiger partial charge in [0.25, 0.3) is 5.91 Å². The second-order valence-corrected chi connectivity index (χ2v) is 6.36. The lowest BCUT2D eigenvalue weighted by atomic mass is 10.1. The molecule has 3 rings (SSSR count). The highest BCUT2D eigenvalue weighted by Crippen LogP contribution is 2.29. The molecule has 0 atom stereocenters. The molecule has 2 aromatic carbocycles. The van der Waals surface area contributed by atoms with Crippen LogP contribution in [-0.2, 0) is 6.42 Å². The summed E-state index contributed by atoms with van der Waals surface area (Å²) < 4.78 is 21.6. The monoisotopic (exact) mass is 401 g/mol. The first-order valence-electron chi connectivity index (χ1n) is 8.48. The summed E-state index contributed by atoms with van der Waals surface area (Å²) in [5.41, 5.74) is 1.35. The fourth-order valence-corrected chi connectivity index (χ4v) is 2.94. The number of carbonyl (C=O) groups excluding carboxylic acids is 1. The lowest BCUT2D eigenvalue weighted by molar-refractivity contribution is 0.0994. The number of nitrogens with one attached hydrogen (secondary N) is 1. The number of hydrogen-bond acceptors (Lipinski definition) is 5. The number of amides is 1. The Bertz CT molecular complexity index is 983. The van der Waals surface area contributed by atoms with Gasteiger partial charge in [-0.05, 0) is 48.5 Å². The molecule has 0 aliphatic heterocycles. The quantitative estimate of drug-likeness (QED) is 0.615. The minimum Gasteiger partial charge on any atom is -0.497 e. The predicted molar refractivity (Wildman–Crippen MR) is 107 cm³/mol. The summed E-state index contributed by atoms with van der Waals surface area (Å²) in [6.45, 7) is 0. The van der Waals surface area contributed by atoms with Gasteiger partial charge in [-0.25, -0.2) is 0 Å². The van der Waals surface area contributed by atoms with Crippen molar-refractivity contribution < 1.29 is 23.4 Å². The topological polar surface area (TPSA) is 69.9 Å². The van der Waals surface area contributed by atoms with E-state index in [1.165, 1.54) is 7.11 Å². The molecule has 0 aliphatic rings. The van der Waals surface area contributed by atoms with Gasteiger partial charge >= 0.3 is 0 Å². The summed E-state index contributed by atoms with van der Waals surface area (Å²) in [6.07, 6.45) is 0.453. The first-order valence-corrected chi connectivity index (χ1v) is 8.86. The fourth-order valence-electron chi connectivity index (χ4n) is 2.76. The van der Waals surface area contributed by atoms with Crippen LogP contribution in [0.1, 0.15) is 21.9 Å². The van der Waals surface area contributed by atoms with Crippen molar-refractivity contribution >= 4 is 23.2 Å². The maximum atomic E-state index is 12.5. The first-order chi connectivity index (χ1) is 13.5. The van der Waals surface area contributed by atoms with Crippen LogP contribution >= 0.6 is 11.6 Å². The van der Waals surface area contributed by atoms with E-state index in [1.807, 2.05) is 18.2 Å². The molecule has 1 amide bonds. The molecule has 146 valence electrons. The largest absolute Gasteiger partial charge is 0.497 e. The van der Waals surface area contributed by atoms with E-state index >= 15 is 0 Å². The SMILES string of the molecule is COc1ccc(OC)c(Cc2ccc(C(=O)Nc3cc(Cl)ccc3OC)o2)c1. The highest BCUT2D eigenvalue weighted by Gasteiger charge is 2.16. The summed E-state index contributed by atoms with van der Waals surface area (Å²) in [5, 5.41) is 3.24. The van der Waals surface area contributed by atoms with E-state index in [1.54, 1.807) is 44.6 Å². The third-order valence-corrected chi connectivity index (χ3v) is 4.38.